The van der Waals surface area contributed by atoms with E-state index in [0.29, 0.717) is 0 Å². The summed E-state index contributed by atoms with van der Waals surface area (Å²) >= 11 is 1.96. The van der Waals surface area contributed by atoms with E-state index in [1.807, 2.05) is 61.5 Å². The van der Waals surface area contributed by atoms with Crippen molar-refractivity contribution >= 4 is 43.2 Å². The van der Waals surface area contributed by atoms with E-state index in [9.17, 15) is 0 Å². The molecule has 0 spiro atoms. The van der Waals surface area contributed by atoms with Crippen molar-refractivity contribution in [2.75, 3.05) is 5.75 Å². The molecule has 2 heterocycles. The summed E-state index contributed by atoms with van der Waals surface area (Å²) < 4.78 is 0. The highest BCUT2D eigenvalue weighted by Gasteiger charge is 2.10. The fourth-order valence-electron chi connectivity index (χ4n) is 1.24. The summed E-state index contributed by atoms with van der Waals surface area (Å²) in [5, 5.41) is 3.02. The van der Waals surface area contributed by atoms with Gasteiger partial charge in [-0.25, -0.2) is 0 Å². The molecular weight excluding hydrogens is 274 g/mol. The molecule has 1 aliphatic rings. The van der Waals surface area contributed by atoms with Crippen molar-refractivity contribution < 1.29 is 0 Å². The first-order valence-corrected chi connectivity index (χ1v) is 9.83. The first-order valence-electron chi connectivity index (χ1n) is 5.06. The van der Waals surface area contributed by atoms with Gasteiger partial charge in [0.2, 0.25) is 0 Å². The number of hydrogen-bond acceptors (Lipinski definition) is 5. The predicted octanol–water partition coefficient (Wildman–Crippen LogP) is 4.63. The fourth-order valence-corrected chi connectivity index (χ4v) is 6.35. The second-order valence-electron chi connectivity index (χ2n) is 3.30. The lowest BCUT2D eigenvalue weighted by atomic mass is 10.3. The van der Waals surface area contributed by atoms with Crippen molar-refractivity contribution in [1.29, 1.82) is 0 Å². The van der Waals surface area contributed by atoms with Crippen LogP contribution in [0.2, 0.25) is 0 Å². The SMILES string of the molecule is C1=CSC(CSSSCc2ccccn2)C1. The van der Waals surface area contributed by atoms with Gasteiger partial charge in [0.1, 0.15) is 0 Å². The highest BCUT2D eigenvalue weighted by Crippen LogP contribution is 2.39. The second-order valence-corrected chi connectivity index (χ2v) is 8.79. The Balaban J connectivity index is 1.52. The summed E-state index contributed by atoms with van der Waals surface area (Å²) in [7, 11) is 5.73. The molecule has 1 atom stereocenters. The number of nitrogens with zero attached hydrogens (tertiary/aromatic N) is 1. The number of pyridine rings is 1. The molecule has 1 unspecified atom stereocenters. The molecule has 0 saturated carbocycles. The lowest BCUT2D eigenvalue weighted by Gasteiger charge is -2.06. The quantitative estimate of drug-likeness (QED) is 0.557. The number of allylic oxidation sites excluding steroid dienone is 1. The Bertz CT molecular complexity index is 320. The third kappa shape index (κ3) is 4.65. The lowest BCUT2D eigenvalue weighted by Crippen LogP contribution is -1.98. The van der Waals surface area contributed by atoms with E-state index >= 15 is 0 Å². The van der Waals surface area contributed by atoms with Gasteiger partial charge in [0, 0.05) is 23.0 Å². The van der Waals surface area contributed by atoms with Gasteiger partial charge in [-0.2, -0.15) is 0 Å². The van der Waals surface area contributed by atoms with Crippen LogP contribution in [0.3, 0.4) is 0 Å². The van der Waals surface area contributed by atoms with Crippen LogP contribution in [0.5, 0.6) is 0 Å². The molecule has 5 heteroatoms. The van der Waals surface area contributed by atoms with Gasteiger partial charge in [-0.3, -0.25) is 4.98 Å². The van der Waals surface area contributed by atoms with Crippen LogP contribution in [-0.2, 0) is 5.75 Å². The van der Waals surface area contributed by atoms with Crippen LogP contribution in [0.4, 0.5) is 0 Å². The molecule has 2 rings (SSSR count). The van der Waals surface area contributed by atoms with Crippen molar-refractivity contribution in [3.05, 3.63) is 41.6 Å². The van der Waals surface area contributed by atoms with Crippen molar-refractivity contribution in [3.63, 3.8) is 0 Å². The van der Waals surface area contributed by atoms with E-state index < -0.39 is 0 Å². The van der Waals surface area contributed by atoms with Gasteiger partial charge in [0.25, 0.3) is 0 Å². The van der Waals surface area contributed by atoms with Crippen LogP contribution in [-0.4, -0.2) is 16.0 Å². The Morgan fingerprint density at radius 3 is 3.12 bits per heavy atom. The Labute approximate surface area is 112 Å². The maximum absolute atomic E-state index is 4.30. The smallest absolute Gasteiger partial charge is 0.0511 e. The van der Waals surface area contributed by atoms with Crippen LogP contribution >= 0.6 is 43.2 Å². The topological polar surface area (TPSA) is 12.9 Å². The van der Waals surface area contributed by atoms with Gasteiger partial charge < -0.3 is 0 Å². The average molecular weight is 288 g/mol. The van der Waals surface area contributed by atoms with Crippen molar-refractivity contribution in [3.8, 4) is 0 Å². The summed E-state index contributed by atoms with van der Waals surface area (Å²) in [6.07, 6.45) is 5.36. The molecule has 16 heavy (non-hydrogen) atoms. The van der Waals surface area contributed by atoms with E-state index in [1.165, 1.54) is 12.2 Å². The van der Waals surface area contributed by atoms with E-state index in [4.69, 9.17) is 0 Å². The van der Waals surface area contributed by atoms with Crippen molar-refractivity contribution in [1.82, 2.24) is 4.98 Å². The first kappa shape index (κ1) is 12.7. The molecule has 86 valence electrons. The van der Waals surface area contributed by atoms with Gasteiger partial charge in [0.05, 0.1) is 5.69 Å². The van der Waals surface area contributed by atoms with Gasteiger partial charge >= 0.3 is 0 Å². The minimum absolute atomic E-state index is 0.799. The zero-order valence-electron chi connectivity index (χ0n) is 8.74. The summed E-state index contributed by atoms with van der Waals surface area (Å²) in [6.45, 7) is 0. The molecule has 0 bridgehead atoms. The molecule has 1 aliphatic heterocycles. The fraction of sp³-hybridized carbons (Fsp3) is 0.364. The monoisotopic (exact) mass is 287 g/mol. The van der Waals surface area contributed by atoms with Gasteiger partial charge in [-0.05, 0) is 33.8 Å². The van der Waals surface area contributed by atoms with Crippen LogP contribution in [0, 0.1) is 0 Å². The Morgan fingerprint density at radius 1 is 1.38 bits per heavy atom. The number of rotatable bonds is 6. The van der Waals surface area contributed by atoms with Gasteiger partial charge in [0.15, 0.2) is 0 Å². The molecule has 1 nitrogen and oxygen atoms in total. The maximum atomic E-state index is 4.30. The summed E-state index contributed by atoms with van der Waals surface area (Å²) in [5.41, 5.74) is 1.16. The van der Waals surface area contributed by atoms with E-state index in [0.717, 1.165) is 16.7 Å². The third-order valence-corrected chi connectivity index (χ3v) is 7.57. The van der Waals surface area contributed by atoms with Crippen LogP contribution in [0.15, 0.2) is 35.9 Å². The minimum atomic E-state index is 0.799. The molecule has 0 aliphatic carbocycles. The zero-order chi connectivity index (χ0) is 11.1. The Kier molecular flexibility index (Phi) is 6.04. The Morgan fingerprint density at radius 2 is 2.38 bits per heavy atom. The first-order chi connectivity index (χ1) is 7.95. The van der Waals surface area contributed by atoms with Crippen molar-refractivity contribution in [2.24, 2.45) is 0 Å². The number of thioether (sulfide) groups is 1. The third-order valence-electron chi connectivity index (χ3n) is 2.05. The molecule has 0 fully saturated rings. The normalized spacial score (nSPS) is 19.1. The summed E-state index contributed by atoms with van der Waals surface area (Å²) in [5.74, 6) is 2.23. The predicted molar refractivity (Wildman–Crippen MR) is 80.7 cm³/mol. The molecule has 0 N–H and O–H groups in total. The van der Waals surface area contributed by atoms with Gasteiger partial charge in [-0.15, -0.1) is 11.8 Å². The zero-order valence-corrected chi connectivity index (χ0v) is 12.0. The van der Waals surface area contributed by atoms with Crippen LogP contribution in [0.25, 0.3) is 0 Å². The van der Waals surface area contributed by atoms with Crippen molar-refractivity contribution in [2.45, 2.75) is 17.4 Å². The standard InChI is InChI=1S/C11H13NS4/c1-2-6-12-10(4-1)8-14-16-15-9-11-5-3-7-13-11/h1-4,6-7,11H,5,8-9H2. The largest absolute Gasteiger partial charge is 0.260 e. The second kappa shape index (κ2) is 7.58. The molecule has 0 saturated heterocycles. The molecule has 1 aromatic heterocycles. The van der Waals surface area contributed by atoms with Crippen LogP contribution in [0.1, 0.15) is 12.1 Å². The van der Waals surface area contributed by atoms with Gasteiger partial charge in [-0.1, -0.05) is 33.7 Å². The van der Waals surface area contributed by atoms with E-state index in [-0.39, 0.29) is 0 Å². The lowest BCUT2D eigenvalue weighted by molar-refractivity contribution is 1.02. The molecule has 0 amide bonds. The van der Waals surface area contributed by atoms with Crippen LogP contribution < -0.4 is 0 Å². The molecule has 0 radical (unpaired) electrons. The highest BCUT2D eigenvalue weighted by atomic mass is 33.5. The number of hydrogen-bond donors (Lipinski definition) is 0. The van der Waals surface area contributed by atoms with E-state index in [1.54, 1.807) is 0 Å². The summed E-state index contributed by atoms with van der Waals surface area (Å²) in [4.78, 5) is 4.30. The molecular formula is C11H13NS4. The summed E-state index contributed by atoms with van der Waals surface area (Å²) in [6, 6.07) is 6.08. The Hall–Kier alpha value is 0.290. The average Bonchev–Trinajstić information content (AvgIpc) is 2.83. The highest BCUT2D eigenvalue weighted by molar-refractivity contribution is 9.09. The maximum Gasteiger partial charge on any atom is 0.0511 e. The minimum Gasteiger partial charge on any atom is -0.260 e. The molecule has 0 aromatic carbocycles. The van der Waals surface area contributed by atoms with E-state index in [2.05, 4.69) is 22.5 Å². The number of aromatic nitrogens is 1. The molecule has 1 aromatic rings.